The Hall–Kier alpha value is -2.43. The van der Waals surface area contributed by atoms with Gasteiger partial charge in [0.25, 0.3) is 0 Å². The third-order valence-electron chi connectivity index (χ3n) is 5.67. The molecule has 0 unspecified atom stereocenters. The number of carbonyl (C=O) groups excluding carboxylic acids is 2. The van der Waals surface area contributed by atoms with Gasteiger partial charge in [-0.15, -0.1) is 39.4 Å². The predicted octanol–water partition coefficient (Wildman–Crippen LogP) is 5.99. The predicted molar refractivity (Wildman–Crippen MR) is 144 cm³/mol. The van der Waals surface area contributed by atoms with Crippen LogP contribution in [0.3, 0.4) is 0 Å². The first-order valence-corrected chi connectivity index (χ1v) is 14.6. The minimum absolute atomic E-state index is 0.158. The normalized spacial score (nSPS) is 12.9. The van der Waals surface area contributed by atoms with Crippen LogP contribution in [0.2, 0.25) is 0 Å². The molecule has 0 atom stereocenters. The van der Waals surface area contributed by atoms with Gasteiger partial charge in [-0.2, -0.15) is 0 Å². The van der Waals surface area contributed by atoms with Gasteiger partial charge in [-0.25, -0.2) is 4.79 Å². The number of aryl methyl sites for hydroxylation is 2. The summed E-state index contributed by atoms with van der Waals surface area (Å²) in [4.78, 5) is 28.0. The molecule has 0 spiro atoms. The van der Waals surface area contributed by atoms with Crippen LogP contribution in [0.5, 0.6) is 0 Å². The van der Waals surface area contributed by atoms with Crippen LogP contribution in [-0.4, -0.2) is 39.0 Å². The van der Waals surface area contributed by atoms with Gasteiger partial charge in [0.05, 0.1) is 17.9 Å². The molecule has 7 nitrogen and oxygen atoms in total. The van der Waals surface area contributed by atoms with Crippen molar-refractivity contribution in [2.45, 2.75) is 64.1 Å². The molecule has 3 aromatic rings. The lowest BCUT2D eigenvalue weighted by atomic mass is 9.95. The molecule has 0 saturated heterocycles. The molecular formula is C25H30N4O3S3. The molecule has 35 heavy (non-hydrogen) atoms. The van der Waals surface area contributed by atoms with Crippen LogP contribution in [-0.2, 0) is 35.3 Å². The van der Waals surface area contributed by atoms with Crippen LogP contribution in [0, 0.1) is 0 Å². The van der Waals surface area contributed by atoms with Gasteiger partial charge in [0, 0.05) is 27.2 Å². The number of amides is 1. The topological polar surface area (TPSA) is 86.1 Å². The standard InChI is InChI=1S/C25H30N4O3S3/c1-4-9-17-13-16(14-33-17)22-27-28-25(29(22)12-5-2)34-15-20(30)26-23-21(24(31)32-6-3)18-10-7-8-11-19(18)35-23/h5,13-14H,2,4,6-12,15H2,1,3H3,(H,26,30). The fraction of sp³-hybridized carbons (Fsp3) is 0.440. The Labute approximate surface area is 218 Å². The van der Waals surface area contributed by atoms with Crippen LogP contribution in [0.1, 0.15) is 58.8 Å². The smallest absolute Gasteiger partial charge is 0.341 e. The summed E-state index contributed by atoms with van der Waals surface area (Å²) in [6, 6.07) is 2.16. The number of fused-ring (bicyclic) bond motifs is 1. The first kappa shape index (κ1) is 25.7. The van der Waals surface area contributed by atoms with E-state index in [4.69, 9.17) is 4.74 Å². The number of anilines is 1. The average Bonchev–Trinajstić information content (AvgIpc) is 3.55. The SMILES string of the molecule is C=CCn1c(SCC(=O)Nc2sc3c(c2C(=O)OCC)CCCC3)nnc1-c1csc(CCC)c1. The Balaban J connectivity index is 1.48. The van der Waals surface area contributed by atoms with Crippen LogP contribution in [0.25, 0.3) is 11.4 Å². The van der Waals surface area contributed by atoms with Crippen LogP contribution in [0.15, 0.2) is 29.3 Å². The maximum Gasteiger partial charge on any atom is 0.341 e. The number of aromatic nitrogens is 3. The number of ether oxygens (including phenoxy) is 1. The van der Waals surface area contributed by atoms with Crippen molar-refractivity contribution in [1.29, 1.82) is 0 Å². The van der Waals surface area contributed by atoms with Gasteiger partial charge in [0.2, 0.25) is 5.91 Å². The molecule has 1 aliphatic rings. The van der Waals surface area contributed by atoms with E-state index in [0.29, 0.717) is 28.9 Å². The molecule has 186 valence electrons. The van der Waals surface area contributed by atoms with E-state index in [1.807, 2.05) is 4.57 Å². The molecule has 0 aliphatic heterocycles. The van der Waals surface area contributed by atoms with Crippen LogP contribution >= 0.6 is 34.4 Å². The molecule has 0 radical (unpaired) electrons. The minimum atomic E-state index is -0.358. The lowest BCUT2D eigenvalue weighted by Gasteiger charge is -2.12. The monoisotopic (exact) mass is 530 g/mol. The zero-order valence-electron chi connectivity index (χ0n) is 20.1. The number of rotatable bonds is 11. The number of thiophene rings is 2. The Bertz CT molecular complexity index is 1210. The summed E-state index contributed by atoms with van der Waals surface area (Å²) in [6.45, 7) is 8.68. The first-order chi connectivity index (χ1) is 17.0. The number of thioether (sulfide) groups is 1. The second-order valence-electron chi connectivity index (χ2n) is 8.23. The van der Waals surface area contributed by atoms with Crippen molar-refractivity contribution >= 4 is 51.3 Å². The van der Waals surface area contributed by atoms with Gasteiger partial charge in [0.15, 0.2) is 11.0 Å². The zero-order valence-corrected chi connectivity index (χ0v) is 22.5. The van der Waals surface area contributed by atoms with E-state index in [0.717, 1.165) is 55.5 Å². The van der Waals surface area contributed by atoms with E-state index in [2.05, 4.69) is 40.5 Å². The van der Waals surface area contributed by atoms with Crippen molar-refractivity contribution in [3.8, 4) is 11.4 Å². The van der Waals surface area contributed by atoms with Crippen molar-refractivity contribution in [3.63, 3.8) is 0 Å². The van der Waals surface area contributed by atoms with Gasteiger partial charge in [-0.05, 0) is 50.7 Å². The molecular weight excluding hydrogens is 501 g/mol. The Morgan fingerprint density at radius 3 is 2.89 bits per heavy atom. The summed E-state index contributed by atoms with van der Waals surface area (Å²) in [6.07, 6.45) is 7.88. The summed E-state index contributed by atoms with van der Waals surface area (Å²) in [5, 5.41) is 15.1. The molecule has 10 heteroatoms. The molecule has 1 N–H and O–H groups in total. The Morgan fingerprint density at radius 2 is 2.11 bits per heavy atom. The molecule has 3 heterocycles. The summed E-state index contributed by atoms with van der Waals surface area (Å²) in [5.41, 5.74) is 2.60. The van der Waals surface area contributed by atoms with E-state index in [1.54, 1.807) is 24.3 Å². The summed E-state index contributed by atoms with van der Waals surface area (Å²) in [5.74, 6) is 0.394. The van der Waals surface area contributed by atoms with Gasteiger partial charge in [0.1, 0.15) is 5.00 Å². The number of nitrogens with one attached hydrogen (secondary N) is 1. The highest BCUT2D eigenvalue weighted by molar-refractivity contribution is 7.99. The fourth-order valence-electron chi connectivity index (χ4n) is 4.14. The third-order valence-corrected chi connectivity index (χ3v) is 8.84. The Kier molecular flexibility index (Phi) is 8.80. The lowest BCUT2D eigenvalue weighted by Crippen LogP contribution is -2.17. The number of nitrogens with zero attached hydrogens (tertiary/aromatic N) is 3. The van der Waals surface area contributed by atoms with E-state index < -0.39 is 0 Å². The molecule has 0 saturated carbocycles. The highest BCUT2D eigenvalue weighted by atomic mass is 32.2. The fourth-order valence-corrected chi connectivity index (χ4v) is 7.15. The first-order valence-electron chi connectivity index (χ1n) is 11.9. The molecule has 0 bridgehead atoms. The Morgan fingerprint density at radius 1 is 1.29 bits per heavy atom. The molecule has 0 aromatic carbocycles. The van der Waals surface area contributed by atoms with Crippen molar-refractivity contribution < 1.29 is 14.3 Å². The van der Waals surface area contributed by atoms with Crippen molar-refractivity contribution in [3.05, 3.63) is 45.0 Å². The van der Waals surface area contributed by atoms with Gasteiger partial charge < -0.3 is 10.1 Å². The zero-order chi connectivity index (χ0) is 24.8. The van der Waals surface area contributed by atoms with Crippen molar-refractivity contribution in [2.75, 3.05) is 17.7 Å². The van der Waals surface area contributed by atoms with Crippen LogP contribution in [0.4, 0.5) is 5.00 Å². The van der Waals surface area contributed by atoms with Crippen molar-refractivity contribution in [2.24, 2.45) is 0 Å². The largest absolute Gasteiger partial charge is 0.462 e. The quantitative estimate of drug-likeness (QED) is 0.186. The number of hydrogen-bond donors (Lipinski definition) is 1. The maximum absolute atomic E-state index is 12.9. The van der Waals surface area contributed by atoms with E-state index in [9.17, 15) is 9.59 Å². The molecule has 1 aliphatic carbocycles. The number of allylic oxidation sites excluding steroid dienone is 1. The van der Waals surface area contributed by atoms with E-state index >= 15 is 0 Å². The highest BCUT2D eigenvalue weighted by Crippen LogP contribution is 2.39. The highest BCUT2D eigenvalue weighted by Gasteiger charge is 2.27. The maximum atomic E-state index is 12.9. The lowest BCUT2D eigenvalue weighted by molar-refractivity contribution is -0.113. The average molecular weight is 531 g/mol. The van der Waals surface area contributed by atoms with E-state index in [1.165, 1.54) is 32.9 Å². The van der Waals surface area contributed by atoms with Gasteiger partial charge in [-0.3, -0.25) is 9.36 Å². The second-order valence-corrected chi connectivity index (χ2v) is 11.3. The number of esters is 1. The summed E-state index contributed by atoms with van der Waals surface area (Å²) >= 11 is 4.55. The van der Waals surface area contributed by atoms with E-state index in [-0.39, 0.29) is 17.6 Å². The summed E-state index contributed by atoms with van der Waals surface area (Å²) in [7, 11) is 0. The minimum Gasteiger partial charge on any atom is -0.462 e. The third kappa shape index (κ3) is 5.87. The second kappa shape index (κ2) is 12.0. The van der Waals surface area contributed by atoms with Crippen molar-refractivity contribution in [1.82, 2.24) is 14.8 Å². The van der Waals surface area contributed by atoms with Gasteiger partial charge in [-0.1, -0.05) is 31.2 Å². The molecule has 0 fully saturated rings. The molecule has 4 rings (SSSR count). The molecule has 1 amide bonds. The summed E-state index contributed by atoms with van der Waals surface area (Å²) < 4.78 is 7.27. The van der Waals surface area contributed by atoms with Gasteiger partial charge >= 0.3 is 5.97 Å². The molecule has 3 aromatic heterocycles. The number of carbonyl (C=O) groups is 2. The number of hydrogen-bond acceptors (Lipinski definition) is 8. The van der Waals surface area contributed by atoms with Crippen LogP contribution < -0.4 is 5.32 Å².